The lowest BCUT2D eigenvalue weighted by atomic mass is 9.98. The molecule has 6 nitrogen and oxygen atoms in total. The zero-order valence-electron chi connectivity index (χ0n) is 11.5. The number of rotatable bonds is 2. The minimum Gasteiger partial charge on any atom is -0.390 e. The Morgan fingerprint density at radius 3 is 2.43 bits per heavy atom. The van der Waals surface area contributed by atoms with Gasteiger partial charge < -0.3 is 20.1 Å². The Labute approximate surface area is 123 Å². The number of hydrogen-bond donors (Lipinski definition) is 3. The van der Waals surface area contributed by atoms with E-state index in [9.17, 15) is 28.5 Å². The number of hydrogen-bond acceptors (Lipinski definition) is 5. The maximum absolute atomic E-state index is 12.5. The number of amidine groups is 1. The van der Waals surface area contributed by atoms with Crippen LogP contribution in [0.4, 0.5) is 13.2 Å². The second-order valence-electron chi connectivity index (χ2n) is 4.76. The van der Waals surface area contributed by atoms with Crippen LogP contribution in [0.2, 0.25) is 0 Å². The molecule has 0 aromatic heterocycles. The summed E-state index contributed by atoms with van der Waals surface area (Å²) in [6, 6.07) is 0. The molecule has 10 heteroatoms. The smallest absolute Gasteiger partial charge is 0.390 e. The van der Waals surface area contributed by atoms with Gasteiger partial charge in [0.05, 0.1) is 20.2 Å². The number of nitrogens with zero attached hydrogens (tertiary/aromatic N) is 2. The summed E-state index contributed by atoms with van der Waals surface area (Å²) in [4.78, 5) is 1.58. The van der Waals surface area contributed by atoms with E-state index < -0.39 is 36.0 Å². The molecule has 0 aromatic carbocycles. The first-order valence-electron chi connectivity index (χ1n) is 6.02. The van der Waals surface area contributed by atoms with Crippen LogP contribution in [0.25, 0.3) is 0 Å². The molecule has 3 N–H and O–H groups in total. The lowest BCUT2D eigenvalue weighted by Gasteiger charge is -2.38. The number of alkyl halides is 3. The van der Waals surface area contributed by atoms with Gasteiger partial charge in [-0.2, -0.15) is 13.2 Å². The molecule has 0 saturated carbocycles. The van der Waals surface area contributed by atoms with E-state index >= 15 is 0 Å². The highest BCUT2D eigenvalue weighted by atomic mass is 32.2. The topological polar surface area (TPSA) is 87.3 Å². The van der Waals surface area contributed by atoms with E-state index in [1.165, 1.54) is 0 Å². The zero-order valence-corrected chi connectivity index (χ0v) is 12.3. The molecule has 1 rings (SSSR count). The van der Waals surface area contributed by atoms with Gasteiger partial charge in [0.1, 0.15) is 17.6 Å². The van der Waals surface area contributed by atoms with Crippen LogP contribution in [0.1, 0.15) is 6.42 Å². The Hall–Kier alpha value is -0.770. The molecule has 0 aliphatic carbocycles. The van der Waals surface area contributed by atoms with Gasteiger partial charge in [-0.05, 0) is 0 Å². The molecule has 21 heavy (non-hydrogen) atoms. The van der Waals surface area contributed by atoms with Gasteiger partial charge in [0, 0.05) is 18.2 Å². The predicted octanol–water partition coefficient (Wildman–Crippen LogP) is -0.835. The standard InChI is InChI=1S/C11H18F3N2O4S/c1-15-10(16(2)3)21-6-4-5(17)7(18)8(20-6)9(19)11(12,13)14/h5-9,17-19H,1,4H2,2-3H3/q+1/t5-,6-,7+,8+,9-/m1/s1. The van der Waals surface area contributed by atoms with Crippen LogP contribution in [-0.2, 0) is 4.74 Å². The summed E-state index contributed by atoms with van der Waals surface area (Å²) in [6.07, 6.45) is -13.2. The molecule has 1 fully saturated rings. The van der Waals surface area contributed by atoms with Crippen LogP contribution in [0.15, 0.2) is 0 Å². The van der Waals surface area contributed by atoms with Gasteiger partial charge in [-0.1, -0.05) is 0 Å². The SMILES string of the molecule is C=[N+]=C(S[C@@H]1C[C@@H](O)[C@H](O)[C@@H]([C@@H](O)C(F)(F)F)O1)N(C)C. The largest absolute Gasteiger partial charge is 0.417 e. The van der Waals surface area contributed by atoms with Gasteiger partial charge in [-0.25, -0.2) is 9.57 Å². The second kappa shape index (κ2) is 6.99. The Morgan fingerprint density at radius 1 is 1.43 bits per heavy atom. The third kappa shape index (κ3) is 4.60. The van der Waals surface area contributed by atoms with E-state index in [0.29, 0.717) is 5.17 Å². The molecule has 5 atom stereocenters. The Balaban J connectivity index is 2.85. The second-order valence-corrected chi connectivity index (χ2v) is 5.89. The summed E-state index contributed by atoms with van der Waals surface area (Å²) in [5.41, 5.74) is -0.895. The Kier molecular flexibility index (Phi) is 6.09. The first-order valence-corrected chi connectivity index (χ1v) is 6.90. The van der Waals surface area contributed by atoms with Gasteiger partial charge in [0.25, 0.3) is 0 Å². The molecule has 1 heterocycles. The minimum atomic E-state index is -4.96. The maximum atomic E-state index is 12.5. The Bertz CT molecular complexity index is 415. The van der Waals surface area contributed by atoms with Crippen molar-refractivity contribution in [2.45, 2.75) is 42.4 Å². The summed E-state index contributed by atoms with van der Waals surface area (Å²) in [5.74, 6) is 0. The maximum Gasteiger partial charge on any atom is 0.417 e. The zero-order chi connectivity index (χ0) is 16.4. The van der Waals surface area contributed by atoms with E-state index in [1.54, 1.807) is 19.0 Å². The molecular weight excluding hydrogens is 313 g/mol. The van der Waals surface area contributed by atoms with Crippen molar-refractivity contribution in [3.05, 3.63) is 0 Å². The highest BCUT2D eigenvalue weighted by Gasteiger charge is 2.51. The van der Waals surface area contributed by atoms with Gasteiger partial charge in [0.15, 0.2) is 12.8 Å². The van der Waals surface area contributed by atoms with Crippen LogP contribution >= 0.6 is 11.8 Å². The van der Waals surface area contributed by atoms with Gasteiger partial charge in [-0.3, -0.25) is 0 Å². The lowest BCUT2D eigenvalue weighted by molar-refractivity contribution is -0.269. The molecule has 0 amide bonds. The lowest BCUT2D eigenvalue weighted by Crippen LogP contribution is -2.56. The summed E-state index contributed by atoms with van der Waals surface area (Å²) in [5, 5.41) is 28.9. The van der Waals surface area contributed by atoms with Crippen molar-refractivity contribution in [2.24, 2.45) is 0 Å². The summed E-state index contributed by atoms with van der Waals surface area (Å²) >= 11 is 0.953. The first-order chi connectivity index (χ1) is 9.57. The average Bonchev–Trinajstić information content (AvgIpc) is 2.37. The summed E-state index contributed by atoms with van der Waals surface area (Å²) < 4.78 is 46.4. The van der Waals surface area contributed by atoms with Crippen molar-refractivity contribution in [3.63, 3.8) is 0 Å². The van der Waals surface area contributed by atoms with Crippen LogP contribution in [0.5, 0.6) is 0 Å². The van der Waals surface area contributed by atoms with Crippen molar-refractivity contribution in [1.82, 2.24) is 9.57 Å². The normalized spacial score (nSPS) is 31.4. The fourth-order valence-electron chi connectivity index (χ4n) is 1.79. The van der Waals surface area contributed by atoms with E-state index in [-0.39, 0.29) is 6.42 Å². The fourth-order valence-corrected chi connectivity index (χ4v) is 2.79. The highest BCUT2D eigenvalue weighted by molar-refractivity contribution is 8.14. The minimum absolute atomic E-state index is 0.0974. The van der Waals surface area contributed by atoms with Gasteiger partial charge in [0.2, 0.25) is 0 Å². The molecule has 0 aromatic rings. The van der Waals surface area contributed by atoms with Crippen molar-refractivity contribution < 1.29 is 33.2 Å². The molecule has 1 aliphatic heterocycles. The summed E-state index contributed by atoms with van der Waals surface area (Å²) in [7, 11) is 3.32. The van der Waals surface area contributed by atoms with Crippen LogP contribution < -0.4 is 4.67 Å². The predicted molar refractivity (Wildman–Crippen MR) is 72.9 cm³/mol. The number of thioether (sulfide) groups is 1. The molecule has 0 bridgehead atoms. The number of ether oxygens (including phenoxy) is 1. The van der Waals surface area contributed by atoms with E-state index in [4.69, 9.17) is 4.74 Å². The quantitative estimate of drug-likeness (QED) is 0.348. The monoisotopic (exact) mass is 331 g/mol. The number of halogens is 3. The van der Waals surface area contributed by atoms with Gasteiger partial charge in [-0.15, -0.1) is 0 Å². The molecule has 122 valence electrons. The molecule has 0 spiro atoms. The van der Waals surface area contributed by atoms with E-state index in [0.717, 1.165) is 11.8 Å². The fraction of sp³-hybridized carbons (Fsp3) is 0.818. The van der Waals surface area contributed by atoms with Crippen LogP contribution in [0, 0.1) is 0 Å². The highest BCUT2D eigenvalue weighted by Crippen LogP contribution is 2.34. The number of aliphatic hydroxyl groups excluding tert-OH is 3. The molecule has 0 radical (unpaired) electrons. The molecule has 1 aliphatic rings. The van der Waals surface area contributed by atoms with Crippen molar-refractivity contribution in [2.75, 3.05) is 14.1 Å². The van der Waals surface area contributed by atoms with E-state index in [1.807, 2.05) is 0 Å². The van der Waals surface area contributed by atoms with Crippen molar-refractivity contribution >= 4 is 23.6 Å². The van der Waals surface area contributed by atoms with Crippen LogP contribution in [-0.4, -0.2) is 82.2 Å². The van der Waals surface area contributed by atoms with E-state index in [2.05, 4.69) is 11.4 Å². The first kappa shape index (κ1) is 18.3. The average molecular weight is 331 g/mol. The van der Waals surface area contributed by atoms with Crippen molar-refractivity contribution in [3.8, 4) is 0 Å². The van der Waals surface area contributed by atoms with Crippen molar-refractivity contribution in [1.29, 1.82) is 0 Å². The third-order valence-electron chi connectivity index (χ3n) is 2.87. The molecular formula is C11H18F3N2O4S+. The third-order valence-corrected chi connectivity index (χ3v) is 4.15. The molecule has 1 saturated heterocycles. The van der Waals surface area contributed by atoms with Crippen LogP contribution in [0.3, 0.4) is 0 Å². The molecule has 0 unspecified atom stereocenters. The van der Waals surface area contributed by atoms with Gasteiger partial charge >= 0.3 is 11.3 Å². The summed E-state index contributed by atoms with van der Waals surface area (Å²) in [6.45, 7) is 3.33. The Morgan fingerprint density at radius 2 is 2.00 bits per heavy atom. The number of aliphatic hydroxyl groups is 3.